The zero-order valence-electron chi connectivity index (χ0n) is 18.9. The third-order valence-corrected chi connectivity index (χ3v) is 4.91. The first-order valence-corrected chi connectivity index (χ1v) is 10.7. The highest BCUT2D eigenvalue weighted by atomic mass is 16.6. The molecule has 33 heavy (non-hydrogen) atoms. The number of ether oxygens (including phenoxy) is 1. The van der Waals surface area contributed by atoms with Crippen molar-refractivity contribution < 1.29 is 9.53 Å². The monoisotopic (exact) mass is 445 g/mol. The summed E-state index contributed by atoms with van der Waals surface area (Å²) in [7, 11) is 0. The number of carbonyl (C=O) groups is 1. The number of nitrogens with two attached hydrogens (primary N) is 1. The van der Waals surface area contributed by atoms with Gasteiger partial charge in [0.05, 0.1) is 17.6 Å². The Morgan fingerprint density at radius 1 is 1.09 bits per heavy atom. The fraction of sp³-hybridized carbons (Fsp3) is 0.292. The Labute approximate surface area is 192 Å². The molecule has 1 aliphatic rings. The predicted molar refractivity (Wildman–Crippen MR) is 128 cm³/mol. The molecule has 0 spiro atoms. The van der Waals surface area contributed by atoms with Crippen molar-refractivity contribution in [2.45, 2.75) is 32.8 Å². The van der Waals surface area contributed by atoms with Crippen LogP contribution in [-0.4, -0.2) is 49.6 Å². The van der Waals surface area contributed by atoms with Gasteiger partial charge in [0.1, 0.15) is 17.2 Å². The van der Waals surface area contributed by atoms with Crippen molar-refractivity contribution in [3.8, 4) is 11.3 Å². The second-order valence-corrected chi connectivity index (χ2v) is 8.72. The van der Waals surface area contributed by atoms with E-state index in [4.69, 9.17) is 10.5 Å². The SMILES string of the molecule is CC(C)(C)OC(=O)N1CC=C(c2cc(-c3cc(N)cc(Nc4cnccn4)n3)ccn2)CC1. The molecule has 4 heterocycles. The number of hydrogen-bond acceptors (Lipinski definition) is 8. The molecule has 170 valence electrons. The van der Waals surface area contributed by atoms with Gasteiger partial charge >= 0.3 is 6.09 Å². The number of hydrogen-bond donors (Lipinski definition) is 2. The first-order chi connectivity index (χ1) is 15.8. The van der Waals surface area contributed by atoms with E-state index in [1.807, 2.05) is 45.0 Å². The van der Waals surface area contributed by atoms with Crippen LogP contribution in [-0.2, 0) is 4.74 Å². The van der Waals surface area contributed by atoms with Crippen LogP contribution >= 0.6 is 0 Å². The third-order valence-electron chi connectivity index (χ3n) is 4.91. The summed E-state index contributed by atoms with van der Waals surface area (Å²) in [5.41, 5.74) is 9.74. The zero-order chi connectivity index (χ0) is 23.4. The molecule has 1 amide bonds. The van der Waals surface area contributed by atoms with Gasteiger partial charge in [0.25, 0.3) is 0 Å². The fourth-order valence-electron chi connectivity index (χ4n) is 3.42. The van der Waals surface area contributed by atoms with E-state index in [0.717, 1.165) is 22.5 Å². The summed E-state index contributed by atoms with van der Waals surface area (Å²) in [6.45, 7) is 6.66. The summed E-state index contributed by atoms with van der Waals surface area (Å²) in [5.74, 6) is 1.16. The Bertz CT molecular complexity index is 1170. The summed E-state index contributed by atoms with van der Waals surface area (Å²) in [5, 5.41) is 3.12. The molecule has 0 bridgehead atoms. The summed E-state index contributed by atoms with van der Waals surface area (Å²) < 4.78 is 5.47. The van der Waals surface area contributed by atoms with Crippen LogP contribution in [0, 0.1) is 0 Å². The molecular weight excluding hydrogens is 418 g/mol. The summed E-state index contributed by atoms with van der Waals surface area (Å²) in [6.07, 6.45) is 9.00. The lowest BCUT2D eigenvalue weighted by atomic mass is 10.0. The van der Waals surface area contributed by atoms with Crippen molar-refractivity contribution in [3.05, 3.63) is 60.8 Å². The van der Waals surface area contributed by atoms with E-state index in [2.05, 4.69) is 25.3 Å². The molecule has 9 nitrogen and oxygen atoms in total. The van der Waals surface area contributed by atoms with Crippen LogP contribution < -0.4 is 11.1 Å². The molecule has 0 aromatic carbocycles. The topological polar surface area (TPSA) is 119 Å². The van der Waals surface area contributed by atoms with Crippen LogP contribution in [0.25, 0.3) is 16.8 Å². The minimum Gasteiger partial charge on any atom is -0.444 e. The molecule has 1 aliphatic heterocycles. The predicted octanol–water partition coefficient (Wildman–Crippen LogP) is 4.28. The molecule has 0 unspecified atom stereocenters. The van der Waals surface area contributed by atoms with Crippen LogP contribution in [0.2, 0.25) is 0 Å². The van der Waals surface area contributed by atoms with Crippen molar-refractivity contribution in [2.75, 3.05) is 24.1 Å². The number of nitrogens with one attached hydrogen (secondary N) is 1. The maximum atomic E-state index is 12.3. The van der Waals surface area contributed by atoms with Crippen molar-refractivity contribution in [2.24, 2.45) is 0 Å². The first kappa shape index (κ1) is 22.2. The third kappa shape index (κ3) is 5.82. The quantitative estimate of drug-likeness (QED) is 0.611. The number of carbonyl (C=O) groups excluding carboxylic acids is 1. The van der Waals surface area contributed by atoms with Gasteiger partial charge in [-0.05, 0) is 51.0 Å². The van der Waals surface area contributed by atoms with Crippen molar-refractivity contribution in [1.82, 2.24) is 24.8 Å². The lowest BCUT2D eigenvalue weighted by Crippen LogP contribution is -2.39. The number of aromatic nitrogens is 4. The van der Waals surface area contributed by atoms with Crippen LogP contribution in [0.4, 0.5) is 22.1 Å². The number of nitrogen functional groups attached to an aromatic ring is 1. The molecule has 0 aliphatic carbocycles. The highest BCUT2D eigenvalue weighted by molar-refractivity contribution is 5.74. The normalized spacial score (nSPS) is 13.9. The Balaban J connectivity index is 1.52. The van der Waals surface area contributed by atoms with E-state index in [0.29, 0.717) is 36.8 Å². The van der Waals surface area contributed by atoms with Gasteiger partial charge in [-0.1, -0.05) is 6.08 Å². The molecule has 9 heteroatoms. The van der Waals surface area contributed by atoms with Crippen molar-refractivity contribution in [1.29, 1.82) is 0 Å². The molecule has 0 radical (unpaired) electrons. The van der Waals surface area contributed by atoms with Gasteiger partial charge in [0.2, 0.25) is 0 Å². The fourth-order valence-corrected chi connectivity index (χ4v) is 3.42. The van der Waals surface area contributed by atoms with Gasteiger partial charge in [-0.15, -0.1) is 0 Å². The molecule has 0 fully saturated rings. The van der Waals surface area contributed by atoms with Crippen LogP contribution in [0.15, 0.2) is 55.1 Å². The lowest BCUT2D eigenvalue weighted by Gasteiger charge is -2.29. The van der Waals surface area contributed by atoms with Crippen molar-refractivity contribution in [3.63, 3.8) is 0 Å². The van der Waals surface area contributed by atoms with E-state index >= 15 is 0 Å². The molecule has 0 atom stereocenters. The Hall–Kier alpha value is -4.01. The average molecular weight is 446 g/mol. The molecule has 3 aromatic rings. The molecule has 0 saturated carbocycles. The summed E-state index contributed by atoms with van der Waals surface area (Å²) in [6, 6.07) is 7.45. The van der Waals surface area contributed by atoms with E-state index in [9.17, 15) is 4.79 Å². The Kier molecular flexibility index (Phi) is 6.21. The summed E-state index contributed by atoms with van der Waals surface area (Å²) >= 11 is 0. The van der Waals surface area contributed by atoms with Gasteiger partial charge in [-0.2, -0.15) is 0 Å². The van der Waals surface area contributed by atoms with E-state index < -0.39 is 5.60 Å². The summed E-state index contributed by atoms with van der Waals surface area (Å²) in [4.78, 5) is 31.5. The van der Waals surface area contributed by atoms with Gasteiger partial charge in [-0.3, -0.25) is 9.97 Å². The molecule has 3 N–H and O–H groups in total. The lowest BCUT2D eigenvalue weighted by molar-refractivity contribution is 0.0270. The number of rotatable bonds is 4. The van der Waals surface area contributed by atoms with E-state index in [1.54, 1.807) is 35.8 Å². The maximum Gasteiger partial charge on any atom is 0.410 e. The molecule has 4 rings (SSSR count). The first-order valence-electron chi connectivity index (χ1n) is 10.7. The highest BCUT2D eigenvalue weighted by Gasteiger charge is 2.24. The van der Waals surface area contributed by atoms with Crippen LogP contribution in [0.3, 0.4) is 0 Å². The van der Waals surface area contributed by atoms with Crippen LogP contribution in [0.5, 0.6) is 0 Å². The Morgan fingerprint density at radius 2 is 1.94 bits per heavy atom. The molecule has 3 aromatic heterocycles. The maximum absolute atomic E-state index is 12.3. The minimum absolute atomic E-state index is 0.299. The molecule has 0 saturated heterocycles. The average Bonchev–Trinajstić information content (AvgIpc) is 2.78. The van der Waals surface area contributed by atoms with Crippen molar-refractivity contribution >= 4 is 29.0 Å². The number of amides is 1. The zero-order valence-corrected chi connectivity index (χ0v) is 18.9. The van der Waals surface area contributed by atoms with Gasteiger partial charge < -0.3 is 20.7 Å². The number of pyridine rings is 2. The number of anilines is 3. The Morgan fingerprint density at radius 3 is 2.64 bits per heavy atom. The van der Waals surface area contributed by atoms with Crippen LogP contribution in [0.1, 0.15) is 32.9 Å². The van der Waals surface area contributed by atoms with E-state index in [1.165, 1.54) is 0 Å². The van der Waals surface area contributed by atoms with Gasteiger partial charge in [0, 0.05) is 49.0 Å². The highest BCUT2D eigenvalue weighted by Crippen LogP contribution is 2.28. The minimum atomic E-state index is -0.512. The van der Waals surface area contributed by atoms with Gasteiger partial charge in [0.15, 0.2) is 0 Å². The van der Waals surface area contributed by atoms with E-state index in [-0.39, 0.29) is 6.09 Å². The number of nitrogens with zero attached hydrogens (tertiary/aromatic N) is 5. The second-order valence-electron chi connectivity index (χ2n) is 8.72. The second kappa shape index (κ2) is 9.23. The standard InChI is InChI=1S/C24H27N7O2/c1-24(2,3)33-23(32)31-10-5-16(6-11-31)19-12-17(4-7-27-19)20-13-18(25)14-21(29-20)30-22-15-26-8-9-28-22/h4-5,7-9,12-15H,6,10-11H2,1-3H3,(H3,25,28,29,30). The van der Waals surface area contributed by atoms with Gasteiger partial charge in [-0.25, -0.2) is 14.8 Å². The molecular formula is C24H27N7O2. The largest absolute Gasteiger partial charge is 0.444 e. The smallest absolute Gasteiger partial charge is 0.410 e.